The number of ether oxygens (including phenoxy) is 3. The van der Waals surface area contributed by atoms with Gasteiger partial charge < -0.3 is 19.3 Å². The van der Waals surface area contributed by atoms with Crippen molar-refractivity contribution in [3.63, 3.8) is 0 Å². The third kappa shape index (κ3) is 2.83. The largest absolute Gasteiger partial charge is 0.504 e. The molecule has 0 radical (unpaired) electrons. The maximum Gasteiger partial charge on any atom is 0.343 e. The molecule has 20 heavy (non-hydrogen) atoms. The Labute approximate surface area is 116 Å². The predicted molar refractivity (Wildman–Crippen MR) is 72.6 cm³/mol. The van der Waals surface area contributed by atoms with Gasteiger partial charge >= 0.3 is 5.97 Å². The summed E-state index contributed by atoms with van der Waals surface area (Å²) in [5.74, 6) is 0.396. The first-order valence-corrected chi connectivity index (χ1v) is 5.88. The number of methoxy groups -OCH3 is 2. The molecule has 0 aliphatic rings. The Morgan fingerprint density at radius 3 is 2.25 bits per heavy atom. The van der Waals surface area contributed by atoms with Gasteiger partial charge in [0.2, 0.25) is 0 Å². The Morgan fingerprint density at radius 1 is 0.950 bits per heavy atom. The highest BCUT2D eigenvalue weighted by Crippen LogP contribution is 2.29. The average Bonchev–Trinajstić information content (AvgIpc) is 2.48. The molecule has 2 aromatic rings. The standard InChI is InChI=1S/C15H14O5/c1-18-12-5-3-4-6-13(12)20-15(17)10-7-8-11(16)14(9-10)19-2/h3-9,16H,1-2H3. The molecular weight excluding hydrogens is 260 g/mol. The highest BCUT2D eigenvalue weighted by Gasteiger charge is 2.14. The van der Waals surface area contributed by atoms with E-state index in [1.165, 1.54) is 32.4 Å². The van der Waals surface area contributed by atoms with Crippen molar-refractivity contribution in [2.75, 3.05) is 14.2 Å². The molecule has 0 unspecified atom stereocenters. The molecule has 0 saturated carbocycles. The molecule has 2 aromatic carbocycles. The Balaban J connectivity index is 2.24. The van der Waals surface area contributed by atoms with E-state index in [4.69, 9.17) is 14.2 Å². The monoisotopic (exact) mass is 274 g/mol. The molecule has 0 fully saturated rings. The molecule has 0 saturated heterocycles. The zero-order valence-corrected chi connectivity index (χ0v) is 11.1. The van der Waals surface area contributed by atoms with Gasteiger partial charge in [-0.15, -0.1) is 0 Å². The second kappa shape index (κ2) is 5.97. The number of esters is 1. The van der Waals surface area contributed by atoms with E-state index in [0.29, 0.717) is 11.5 Å². The summed E-state index contributed by atoms with van der Waals surface area (Å²) in [6.07, 6.45) is 0. The van der Waals surface area contributed by atoms with E-state index in [2.05, 4.69) is 0 Å². The van der Waals surface area contributed by atoms with Crippen molar-refractivity contribution in [3.8, 4) is 23.0 Å². The highest BCUT2D eigenvalue weighted by molar-refractivity contribution is 5.92. The highest BCUT2D eigenvalue weighted by atomic mass is 16.6. The third-order valence-electron chi connectivity index (χ3n) is 2.69. The molecule has 0 spiro atoms. The van der Waals surface area contributed by atoms with Gasteiger partial charge in [0.15, 0.2) is 23.0 Å². The number of hydrogen-bond donors (Lipinski definition) is 1. The van der Waals surface area contributed by atoms with Gasteiger partial charge in [0.1, 0.15) is 0 Å². The first-order valence-electron chi connectivity index (χ1n) is 5.88. The molecule has 104 valence electrons. The lowest BCUT2D eigenvalue weighted by Gasteiger charge is -2.09. The fourth-order valence-corrected chi connectivity index (χ4v) is 1.67. The number of benzene rings is 2. The second-order valence-corrected chi connectivity index (χ2v) is 3.93. The van der Waals surface area contributed by atoms with Crippen molar-refractivity contribution in [3.05, 3.63) is 48.0 Å². The molecule has 0 aliphatic carbocycles. The van der Waals surface area contributed by atoms with Crippen LogP contribution < -0.4 is 14.2 Å². The zero-order valence-electron chi connectivity index (χ0n) is 11.1. The summed E-state index contributed by atoms with van der Waals surface area (Å²) in [4.78, 5) is 12.0. The van der Waals surface area contributed by atoms with Gasteiger partial charge in [-0.1, -0.05) is 12.1 Å². The lowest BCUT2D eigenvalue weighted by atomic mass is 10.2. The molecule has 0 aliphatic heterocycles. The van der Waals surface area contributed by atoms with Crippen LogP contribution in [0.2, 0.25) is 0 Å². The molecule has 0 aromatic heterocycles. The van der Waals surface area contributed by atoms with Crippen molar-refractivity contribution in [2.45, 2.75) is 0 Å². The van der Waals surface area contributed by atoms with Gasteiger partial charge in [0.05, 0.1) is 19.8 Å². The van der Waals surface area contributed by atoms with Gasteiger partial charge in [-0.25, -0.2) is 4.79 Å². The van der Waals surface area contributed by atoms with Gasteiger partial charge in [0, 0.05) is 0 Å². The Bertz CT molecular complexity index is 621. The predicted octanol–water partition coefficient (Wildman–Crippen LogP) is 2.63. The van der Waals surface area contributed by atoms with Crippen LogP contribution in [0, 0.1) is 0 Å². The minimum absolute atomic E-state index is 0.0404. The number of para-hydroxylation sites is 2. The number of carbonyl (C=O) groups is 1. The summed E-state index contributed by atoms with van der Waals surface area (Å²) in [6.45, 7) is 0. The van der Waals surface area contributed by atoms with Crippen LogP contribution in [-0.2, 0) is 0 Å². The lowest BCUT2D eigenvalue weighted by molar-refractivity contribution is 0.0729. The summed E-state index contributed by atoms with van der Waals surface area (Å²) >= 11 is 0. The maximum atomic E-state index is 12.0. The van der Waals surface area contributed by atoms with Crippen LogP contribution in [0.1, 0.15) is 10.4 Å². The molecule has 2 rings (SSSR count). The van der Waals surface area contributed by atoms with Crippen molar-refractivity contribution in [1.82, 2.24) is 0 Å². The molecule has 0 heterocycles. The Kier molecular flexibility index (Phi) is 4.10. The Hall–Kier alpha value is -2.69. The van der Waals surface area contributed by atoms with Crippen LogP contribution in [0.15, 0.2) is 42.5 Å². The van der Waals surface area contributed by atoms with Crippen LogP contribution in [0.5, 0.6) is 23.0 Å². The summed E-state index contributed by atoms with van der Waals surface area (Å²) in [5.41, 5.74) is 0.269. The van der Waals surface area contributed by atoms with E-state index >= 15 is 0 Å². The SMILES string of the molecule is COc1cc(C(=O)Oc2ccccc2OC)ccc1O. The van der Waals surface area contributed by atoms with Gasteiger partial charge in [-0.2, -0.15) is 0 Å². The number of carbonyl (C=O) groups excluding carboxylic acids is 1. The van der Waals surface area contributed by atoms with E-state index < -0.39 is 5.97 Å². The zero-order chi connectivity index (χ0) is 14.5. The fraction of sp³-hybridized carbons (Fsp3) is 0.133. The number of phenolic OH excluding ortho intramolecular Hbond substituents is 1. The third-order valence-corrected chi connectivity index (χ3v) is 2.69. The summed E-state index contributed by atoms with van der Waals surface area (Å²) in [7, 11) is 2.90. The maximum absolute atomic E-state index is 12.0. The van der Waals surface area contributed by atoms with Crippen molar-refractivity contribution in [2.24, 2.45) is 0 Å². The van der Waals surface area contributed by atoms with Crippen molar-refractivity contribution in [1.29, 1.82) is 0 Å². The summed E-state index contributed by atoms with van der Waals surface area (Å²) in [5, 5.41) is 9.49. The molecule has 5 heteroatoms. The first-order chi connectivity index (χ1) is 9.65. The number of phenols is 1. The number of aromatic hydroxyl groups is 1. The molecule has 5 nitrogen and oxygen atoms in total. The minimum Gasteiger partial charge on any atom is -0.504 e. The average molecular weight is 274 g/mol. The number of hydrogen-bond acceptors (Lipinski definition) is 5. The second-order valence-electron chi connectivity index (χ2n) is 3.93. The van der Waals surface area contributed by atoms with Crippen molar-refractivity contribution >= 4 is 5.97 Å². The summed E-state index contributed by atoms with van der Waals surface area (Å²) < 4.78 is 15.3. The number of rotatable bonds is 4. The molecule has 0 amide bonds. The fourth-order valence-electron chi connectivity index (χ4n) is 1.67. The molecule has 1 N–H and O–H groups in total. The van der Waals surface area contributed by atoms with Crippen molar-refractivity contribution < 1.29 is 24.1 Å². The minimum atomic E-state index is -0.562. The Morgan fingerprint density at radius 2 is 1.60 bits per heavy atom. The quantitative estimate of drug-likeness (QED) is 0.685. The van der Waals surface area contributed by atoms with Crippen LogP contribution in [0.25, 0.3) is 0 Å². The molecule has 0 bridgehead atoms. The smallest absolute Gasteiger partial charge is 0.343 e. The normalized spacial score (nSPS) is 9.90. The van der Waals surface area contributed by atoms with Gasteiger partial charge in [0.25, 0.3) is 0 Å². The van der Waals surface area contributed by atoms with E-state index in [0.717, 1.165) is 0 Å². The van der Waals surface area contributed by atoms with Crippen LogP contribution in [0.4, 0.5) is 0 Å². The van der Waals surface area contributed by atoms with Crippen LogP contribution in [0.3, 0.4) is 0 Å². The van der Waals surface area contributed by atoms with Crippen LogP contribution in [-0.4, -0.2) is 25.3 Å². The molecular formula is C15H14O5. The van der Waals surface area contributed by atoms with Crippen LogP contribution >= 0.6 is 0 Å². The first kappa shape index (κ1) is 13.7. The molecule has 0 atom stereocenters. The van der Waals surface area contributed by atoms with E-state index in [9.17, 15) is 9.90 Å². The van der Waals surface area contributed by atoms with Gasteiger partial charge in [-0.3, -0.25) is 0 Å². The topological polar surface area (TPSA) is 65.0 Å². The van der Waals surface area contributed by atoms with E-state index in [1.54, 1.807) is 24.3 Å². The van der Waals surface area contributed by atoms with E-state index in [1.807, 2.05) is 0 Å². The van der Waals surface area contributed by atoms with E-state index in [-0.39, 0.29) is 17.1 Å². The summed E-state index contributed by atoms with van der Waals surface area (Å²) in [6, 6.07) is 11.1. The lowest BCUT2D eigenvalue weighted by Crippen LogP contribution is -2.09. The van der Waals surface area contributed by atoms with Gasteiger partial charge in [-0.05, 0) is 30.3 Å².